The van der Waals surface area contributed by atoms with Crippen molar-refractivity contribution in [3.05, 3.63) is 58.7 Å². The summed E-state index contributed by atoms with van der Waals surface area (Å²) in [6.45, 7) is 8.49. The molecular formula is C23H27NO3. The Kier molecular flexibility index (Phi) is 5.64. The molecule has 0 bridgehead atoms. The van der Waals surface area contributed by atoms with Crippen LogP contribution >= 0.6 is 0 Å². The first-order valence-electron chi connectivity index (χ1n) is 9.65. The Balaban J connectivity index is 1.82. The molecule has 1 aliphatic rings. The van der Waals surface area contributed by atoms with Crippen LogP contribution in [0.4, 0.5) is 5.69 Å². The van der Waals surface area contributed by atoms with E-state index in [0.717, 1.165) is 40.8 Å². The van der Waals surface area contributed by atoms with Gasteiger partial charge in [-0.25, -0.2) is 0 Å². The first-order valence-corrected chi connectivity index (χ1v) is 9.65. The third-order valence-corrected chi connectivity index (χ3v) is 5.46. The van der Waals surface area contributed by atoms with Crippen molar-refractivity contribution in [2.75, 3.05) is 11.4 Å². The summed E-state index contributed by atoms with van der Waals surface area (Å²) in [7, 11) is 0. The number of amides is 1. The number of aryl methyl sites for hydroxylation is 3. The van der Waals surface area contributed by atoms with E-state index in [0.29, 0.717) is 12.3 Å². The zero-order valence-electron chi connectivity index (χ0n) is 16.5. The SMILES string of the molecule is CCc1cccc(CC)c1N1C[C@H](C(=O)Oc2cccc(C)c2C)CC1=O. The maximum absolute atomic E-state index is 12.7. The van der Waals surface area contributed by atoms with Gasteiger partial charge in [0.25, 0.3) is 0 Å². The Bertz CT molecular complexity index is 850. The van der Waals surface area contributed by atoms with Gasteiger partial charge in [-0.3, -0.25) is 9.59 Å². The Morgan fingerprint density at radius 3 is 2.33 bits per heavy atom. The second-order valence-electron chi connectivity index (χ2n) is 7.16. The number of carbonyl (C=O) groups excluding carboxylic acids is 2. The number of para-hydroxylation sites is 1. The van der Waals surface area contributed by atoms with E-state index in [1.165, 1.54) is 0 Å². The van der Waals surface area contributed by atoms with Gasteiger partial charge in [-0.05, 0) is 55.0 Å². The van der Waals surface area contributed by atoms with Gasteiger partial charge in [0.2, 0.25) is 5.91 Å². The molecule has 1 amide bonds. The number of hydrogen-bond acceptors (Lipinski definition) is 3. The average Bonchev–Trinajstić information content (AvgIpc) is 3.06. The van der Waals surface area contributed by atoms with Gasteiger partial charge >= 0.3 is 5.97 Å². The van der Waals surface area contributed by atoms with Crippen LogP contribution in [-0.4, -0.2) is 18.4 Å². The van der Waals surface area contributed by atoms with Crippen molar-refractivity contribution in [2.45, 2.75) is 47.0 Å². The lowest BCUT2D eigenvalue weighted by Gasteiger charge is -2.23. The molecule has 1 fully saturated rings. The Labute approximate surface area is 161 Å². The first-order chi connectivity index (χ1) is 13.0. The second-order valence-corrected chi connectivity index (χ2v) is 7.16. The van der Waals surface area contributed by atoms with Crippen molar-refractivity contribution in [3.8, 4) is 5.75 Å². The van der Waals surface area contributed by atoms with E-state index >= 15 is 0 Å². The van der Waals surface area contributed by atoms with Gasteiger partial charge < -0.3 is 9.64 Å². The minimum atomic E-state index is -0.438. The molecule has 0 radical (unpaired) electrons. The van der Waals surface area contributed by atoms with Crippen molar-refractivity contribution in [2.24, 2.45) is 5.92 Å². The molecule has 0 aliphatic carbocycles. The summed E-state index contributed by atoms with van der Waals surface area (Å²) in [6, 6.07) is 11.8. The maximum Gasteiger partial charge on any atom is 0.316 e. The van der Waals surface area contributed by atoms with Crippen molar-refractivity contribution < 1.29 is 14.3 Å². The monoisotopic (exact) mass is 365 g/mol. The molecule has 0 unspecified atom stereocenters. The van der Waals surface area contributed by atoms with Gasteiger partial charge in [0.1, 0.15) is 5.75 Å². The zero-order valence-corrected chi connectivity index (χ0v) is 16.5. The average molecular weight is 365 g/mol. The highest BCUT2D eigenvalue weighted by Crippen LogP contribution is 2.33. The van der Waals surface area contributed by atoms with Crippen LogP contribution in [0.5, 0.6) is 5.75 Å². The molecule has 4 nitrogen and oxygen atoms in total. The van der Waals surface area contributed by atoms with E-state index in [4.69, 9.17) is 4.74 Å². The fourth-order valence-corrected chi connectivity index (χ4v) is 3.67. The van der Waals surface area contributed by atoms with Gasteiger partial charge in [0.05, 0.1) is 5.92 Å². The number of anilines is 1. The number of hydrogen-bond donors (Lipinski definition) is 0. The van der Waals surface area contributed by atoms with Crippen molar-refractivity contribution in [3.63, 3.8) is 0 Å². The molecule has 0 aromatic heterocycles. The third kappa shape index (κ3) is 3.75. The van der Waals surface area contributed by atoms with E-state index in [1.54, 1.807) is 11.0 Å². The van der Waals surface area contributed by atoms with E-state index in [-0.39, 0.29) is 18.3 Å². The van der Waals surface area contributed by atoms with Crippen LogP contribution in [0, 0.1) is 19.8 Å². The van der Waals surface area contributed by atoms with Crippen molar-refractivity contribution in [1.29, 1.82) is 0 Å². The first kappa shape index (κ1) is 19.2. The largest absolute Gasteiger partial charge is 0.426 e. The molecule has 0 spiro atoms. The van der Waals surface area contributed by atoms with E-state index in [2.05, 4.69) is 26.0 Å². The lowest BCUT2D eigenvalue weighted by molar-refractivity contribution is -0.139. The normalized spacial score (nSPS) is 16.7. The molecule has 0 saturated carbocycles. The molecule has 1 aliphatic heterocycles. The fourth-order valence-electron chi connectivity index (χ4n) is 3.67. The quantitative estimate of drug-likeness (QED) is 0.583. The predicted octanol–water partition coefficient (Wildman–Crippen LogP) is 4.39. The van der Waals surface area contributed by atoms with Gasteiger partial charge in [-0.2, -0.15) is 0 Å². The van der Waals surface area contributed by atoms with E-state index < -0.39 is 5.92 Å². The number of ether oxygens (including phenoxy) is 1. The number of benzene rings is 2. The maximum atomic E-state index is 12.7. The minimum absolute atomic E-state index is 0.00601. The highest BCUT2D eigenvalue weighted by Gasteiger charge is 2.37. The Morgan fingerprint density at radius 2 is 1.70 bits per heavy atom. The summed E-state index contributed by atoms with van der Waals surface area (Å²) < 4.78 is 5.64. The Morgan fingerprint density at radius 1 is 1.07 bits per heavy atom. The summed E-state index contributed by atoms with van der Waals surface area (Å²) in [6.07, 6.45) is 1.90. The predicted molar refractivity (Wildman–Crippen MR) is 107 cm³/mol. The van der Waals surface area contributed by atoms with Gasteiger partial charge in [-0.1, -0.05) is 44.2 Å². The number of rotatable bonds is 5. The van der Waals surface area contributed by atoms with Crippen LogP contribution in [0.1, 0.15) is 42.5 Å². The third-order valence-electron chi connectivity index (χ3n) is 5.46. The molecule has 142 valence electrons. The topological polar surface area (TPSA) is 46.6 Å². The standard InChI is InChI=1S/C23H27NO3/c1-5-17-10-8-11-18(6-2)22(17)24-14-19(13-21(24)25)23(26)27-20-12-7-9-15(3)16(20)4/h7-12,19H,5-6,13-14H2,1-4H3/t19-/m1/s1. The molecule has 3 rings (SSSR count). The molecular weight excluding hydrogens is 338 g/mol. The van der Waals surface area contributed by atoms with Crippen LogP contribution < -0.4 is 9.64 Å². The van der Waals surface area contributed by atoms with Crippen LogP contribution in [0.3, 0.4) is 0 Å². The molecule has 2 aromatic carbocycles. The molecule has 0 N–H and O–H groups in total. The molecule has 27 heavy (non-hydrogen) atoms. The van der Waals surface area contributed by atoms with Crippen molar-refractivity contribution in [1.82, 2.24) is 0 Å². The molecule has 1 atom stereocenters. The smallest absolute Gasteiger partial charge is 0.316 e. The Hall–Kier alpha value is -2.62. The molecule has 1 saturated heterocycles. The molecule has 1 heterocycles. The van der Waals surface area contributed by atoms with Crippen LogP contribution in [0.2, 0.25) is 0 Å². The van der Waals surface area contributed by atoms with Crippen LogP contribution in [-0.2, 0) is 22.4 Å². The lowest BCUT2D eigenvalue weighted by Crippen LogP contribution is -2.29. The van der Waals surface area contributed by atoms with Gasteiger partial charge in [0, 0.05) is 18.7 Å². The highest BCUT2D eigenvalue weighted by atomic mass is 16.5. The second kappa shape index (κ2) is 7.95. The van der Waals surface area contributed by atoms with Gasteiger partial charge in [-0.15, -0.1) is 0 Å². The summed E-state index contributed by atoms with van der Waals surface area (Å²) in [5.41, 5.74) is 5.30. The lowest BCUT2D eigenvalue weighted by atomic mass is 10.0. The van der Waals surface area contributed by atoms with E-state index in [1.807, 2.05) is 32.0 Å². The summed E-state index contributed by atoms with van der Waals surface area (Å²) in [4.78, 5) is 27.2. The summed E-state index contributed by atoms with van der Waals surface area (Å²) >= 11 is 0. The van der Waals surface area contributed by atoms with E-state index in [9.17, 15) is 9.59 Å². The van der Waals surface area contributed by atoms with Crippen LogP contribution in [0.15, 0.2) is 36.4 Å². The molecule has 2 aromatic rings. The molecule has 4 heteroatoms. The summed E-state index contributed by atoms with van der Waals surface area (Å²) in [5.74, 6) is -0.193. The summed E-state index contributed by atoms with van der Waals surface area (Å²) in [5, 5.41) is 0. The number of esters is 1. The highest BCUT2D eigenvalue weighted by molar-refractivity contribution is 6.01. The number of carbonyl (C=O) groups is 2. The minimum Gasteiger partial charge on any atom is -0.426 e. The van der Waals surface area contributed by atoms with Crippen LogP contribution in [0.25, 0.3) is 0 Å². The van der Waals surface area contributed by atoms with Gasteiger partial charge in [0.15, 0.2) is 0 Å². The number of nitrogens with zero attached hydrogens (tertiary/aromatic N) is 1. The zero-order chi connectivity index (χ0) is 19.6. The van der Waals surface area contributed by atoms with Crippen molar-refractivity contribution >= 4 is 17.6 Å². The fraction of sp³-hybridized carbons (Fsp3) is 0.391.